The molecule has 140 valence electrons. The molecule has 1 aromatic heterocycles. The normalized spacial score (nSPS) is 11.5. The van der Waals surface area contributed by atoms with Crippen LogP contribution in [0, 0.1) is 0 Å². The van der Waals surface area contributed by atoms with Crippen LogP contribution in [0.2, 0.25) is 0 Å². The number of aromatic nitrogens is 2. The summed E-state index contributed by atoms with van der Waals surface area (Å²) in [4.78, 5) is 20.6. The van der Waals surface area contributed by atoms with Gasteiger partial charge in [0.1, 0.15) is 0 Å². The lowest BCUT2D eigenvalue weighted by Crippen LogP contribution is -2.26. The molecular formula is C19H26N4O3. The topological polar surface area (TPSA) is 85.4 Å². The van der Waals surface area contributed by atoms with Gasteiger partial charge in [0, 0.05) is 25.0 Å². The molecule has 0 saturated carbocycles. The Bertz CT molecular complexity index is 719. The maximum Gasteiger partial charge on any atom is 0.254 e. The SMILES string of the molecule is CCC(C)Nc1ncc(C(=O)NCCc2ccc(OC)c(OC)c2)cn1. The number of methoxy groups -OCH3 is 2. The van der Waals surface area contributed by atoms with Gasteiger partial charge in [-0.2, -0.15) is 0 Å². The van der Waals surface area contributed by atoms with Crippen molar-refractivity contribution in [3.8, 4) is 11.5 Å². The van der Waals surface area contributed by atoms with Crippen LogP contribution in [-0.4, -0.2) is 42.7 Å². The van der Waals surface area contributed by atoms with Gasteiger partial charge in [-0.25, -0.2) is 9.97 Å². The lowest BCUT2D eigenvalue weighted by atomic mass is 10.1. The van der Waals surface area contributed by atoms with Gasteiger partial charge in [-0.15, -0.1) is 0 Å². The van der Waals surface area contributed by atoms with Crippen molar-refractivity contribution in [1.82, 2.24) is 15.3 Å². The van der Waals surface area contributed by atoms with E-state index in [1.165, 1.54) is 12.4 Å². The zero-order valence-corrected chi connectivity index (χ0v) is 15.7. The summed E-state index contributed by atoms with van der Waals surface area (Å²) in [6.07, 6.45) is 4.72. The highest BCUT2D eigenvalue weighted by atomic mass is 16.5. The lowest BCUT2D eigenvalue weighted by molar-refractivity contribution is 0.0953. The van der Waals surface area contributed by atoms with Crippen molar-refractivity contribution in [3.05, 3.63) is 41.7 Å². The Kier molecular flexibility index (Phi) is 7.20. The van der Waals surface area contributed by atoms with Crippen LogP contribution in [0.3, 0.4) is 0 Å². The summed E-state index contributed by atoms with van der Waals surface area (Å²) in [5.41, 5.74) is 1.49. The fraction of sp³-hybridized carbons (Fsp3) is 0.421. The van der Waals surface area contributed by atoms with Crippen molar-refractivity contribution in [2.45, 2.75) is 32.7 Å². The molecule has 1 heterocycles. The fourth-order valence-electron chi connectivity index (χ4n) is 2.30. The Labute approximate surface area is 154 Å². The molecule has 0 fully saturated rings. The molecule has 0 aliphatic heterocycles. The average Bonchev–Trinajstić information content (AvgIpc) is 2.68. The standard InChI is InChI=1S/C19H26N4O3/c1-5-13(2)23-19-21-11-15(12-22-19)18(24)20-9-8-14-6-7-16(25-3)17(10-14)26-4/h6-7,10-13H,5,8-9H2,1-4H3,(H,20,24)(H,21,22,23). The summed E-state index contributed by atoms with van der Waals surface area (Å²) in [7, 11) is 3.20. The first-order chi connectivity index (χ1) is 12.6. The molecule has 0 saturated heterocycles. The molecule has 0 bridgehead atoms. The largest absolute Gasteiger partial charge is 0.493 e. The highest BCUT2D eigenvalue weighted by Crippen LogP contribution is 2.27. The van der Waals surface area contributed by atoms with E-state index in [9.17, 15) is 4.79 Å². The van der Waals surface area contributed by atoms with E-state index < -0.39 is 0 Å². The quantitative estimate of drug-likeness (QED) is 0.717. The number of nitrogens with zero attached hydrogens (tertiary/aromatic N) is 2. The first-order valence-electron chi connectivity index (χ1n) is 8.65. The third-order valence-electron chi connectivity index (χ3n) is 4.05. The van der Waals surface area contributed by atoms with E-state index in [2.05, 4.69) is 34.4 Å². The number of anilines is 1. The molecule has 1 amide bonds. The average molecular weight is 358 g/mol. The molecule has 7 heteroatoms. The molecule has 0 radical (unpaired) electrons. The Morgan fingerprint density at radius 1 is 1.15 bits per heavy atom. The van der Waals surface area contributed by atoms with E-state index in [4.69, 9.17) is 9.47 Å². The molecule has 2 aromatic rings. The summed E-state index contributed by atoms with van der Waals surface area (Å²) in [5, 5.41) is 6.04. The van der Waals surface area contributed by atoms with E-state index in [-0.39, 0.29) is 11.9 Å². The molecule has 26 heavy (non-hydrogen) atoms. The van der Waals surface area contributed by atoms with Gasteiger partial charge in [0.05, 0.1) is 19.8 Å². The Balaban J connectivity index is 1.87. The third-order valence-corrected chi connectivity index (χ3v) is 4.05. The molecule has 0 aliphatic rings. The van der Waals surface area contributed by atoms with Crippen LogP contribution >= 0.6 is 0 Å². The van der Waals surface area contributed by atoms with Crippen LogP contribution in [0.1, 0.15) is 36.2 Å². The number of hydrogen-bond acceptors (Lipinski definition) is 6. The highest BCUT2D eigenvalue weighted by molar-refractivity contribution is 5.93. The maximum atomic E-state index is 12.2. The minimum Gasteiger partial charge on any atom is -0.493 e. The fourth-order valence-corrected chi connectivity index (χ4v) is 2.30. The minimum atomic E-state index is -0.194. The number of rotatable bonds is 9. The van der Waals surface area contributed by atoms with Crippen molar-refractivity contribution < 1.29 is 14.3 Å². The van der Waals surface area contributed by atoms with E-state index in [1.807, 2.05) is 18.2 Å². The van der Waals surface area contributed by atoms with Gasteiger partial charge < -0.3 is 20.1 Å². The van der Waals surface area contributed by atoms with Crippen LogP contribution in [0.25, 0.3) is 0 Å². The zero-order chi connectivity index (χ0) is 18.9. The summed E-state index contributed by atoms with van der Waals surface area (Å²) in [6, 6.07) is 6.00. The molecule has 1 aromatic carbocycles. The number of nitrogens with one attached hydrogen (secondary N) is 2. The van der Waals surface area contributed by atoms with Gasteiger partial charge in [0.25, 0.3) is 5.91 Å². The van der Waals surface area contributed by atoms with Crippen molar-refractivity contribution in [2.75, 3.05) is 26.1 Å². The minimum absolute atomic E-state index is 0.194. The first kappa shape index (κ1) is 19.5. The van der Waals surface area contributed by atoms with Gasteiger partial charge in [0.2, 0.25) is 5.95 Å². The second-order valence-corrected chi connectivity index (χ2v) is 5.94. The van der Waals surface area contributed by atoms with Gasteiger partial charge in [-0.1, -0.05) is 13.0 Å². The van der Waals surface area contributed by atoms with Crippen LogP contribution in [-0.2, 0) is 6.42 Å². The van der Waals surface area contributed by atoms with Gasteiger partial charge in [0.15, 0.2) is 11.5 Å². The predicted molar refractivity (Wildman–Crippen MR) is 101 cm³/mol. The molecule has 0 aliphatic carbocycles. The van der Waals surface area contributed by atoms with Crippen LogP contribution in [0.4, 0.5) is 5.95 Å². The van der Waals surface area contributed by atoms with E-state index in [0.717, 1.165) is 12.0 Å². The van der Waals surface area contributed by atoms with Crippen molar-refractivity contribution in [2.24, 2.45) is 0 Å². The predicted octanol–water partition coefficient (Wildman–Crippen LogP) is 2.68. The number of carbonyl (C=O) groups excluding carboxylic acids is 1. The lowest BCUT2D eigenvalue weighted by Gasteiger charge is -2.11. The molecule has 2 N–H and O–H groups in total. The smallest absolute Gasteiger partial charge is 0.254 e. The Morgan fingerprint density at radius 2 is 1.85 bits per heavy atom. The van der Waals surface area contributed by atoms with E-state index >= 15 is 0 Å². The first-order valence-corrected chi connectivity index (χ1v) is 8.65. The highest BCUT2D eigenvalue weighted by Gasteiger charge is 2.09. The van der Waals surface area contributed by atoms with Crippen LogP contribution in [0.15, 0.2) is 30.6 Å². The molecule has 2 rings (SSSR count). The molecule has 7 nitrogen and oxygen atoms in total. The summed E-state index contributed by atoms with van der Waals surface area (Å²) >= 11 is 0. The maximum absolute atomic E-state index is 12.2. The van der Waals surface area contributed by atoms with Crippen molar-refractivity contribution >= 4 is 11.9 Å². The Hall–Kier alpha value is -2.83. The molecule has 1 atom stereocenters. The number of amides is 1. The second-order valence-electron chi connectivity index (χ2n) is 5.94. The second kappa shape index (κ2) is 9.60. The zero-order valence-electron chi connectivity index (χ0n) is 15.7. The molecule has 0 spiro atoms. The van der Waals surface area contributed by atoms with Crippen molar-refractivity contribution in [1.29, 1.82) is 0 Å². The molecular weight excluding hydrogens is 332 g/mol. The van der Waals surface area contributed by atoms with E-state index in [1.54, 1.807) is 14.2 Å². The van der Waals surface area contributed by atoms with Gasteiger partial charge >= 0.3 is 0 Å². The third kappa shape index (κ3) is 5.34. The van der Waals surface area contributed by atoms with Gasteiger partial charge in [-0.05, 0) is 37.5 Å². The number of carbonyl (C=O) groups is 1. The summed E-state index contributed by atoms with van der Waals surface area (Å²) in [6.45, 7) is 4.64. The summed E-state index contributed by atoms with van der Waals surface area (Å²) < 4.78 is 10.5. The van der Waals surface area contributed by atoms with Crippen LogP contribution < -0.4 is 20.1 Å². The molecule has 1 unspecified atom stereocenters. The monoisotopic (exact) mass is 358 g/mol. The number of ether oxygens (including phenoxy) is 2. The Morgan fingerprint density at radius 3 is 2.46 bits per heavy atom. The van der Waals surface area contributed by atoms with Crippen molar-refractivity contribution in [3.63, 3.8) is 0 Å². The van der Waals surface area contributed by atoms with Gasteiger partial charge in [-0.3, -0.25) is 4.79 Å². The van der Waals surface area contributed by atoms with Crippen LogP contribution in [0.5, 0.6) is 11.5 Å². The number of hydrogen-bond donors (Lipinski definition) is 2. The summed E-state index contributed by atoms with van der Waals surface area (Å²) in [5.74, 6) is 1.69. The number of benzene rings is 1. The van der Waals surface area contributed by atoms with E-state index in [0.29, 0.717) is 36.0 Å².